The van der Waals surface area contributed by atoms with Crippen LogP contribution in [0.1, 0.15) is 22.3 Å². The Balaban J connectivity index is 1.39. The maximum atomic E-state index is 5.29. The van der Waals surface area contributed by atoms with E-state index in [9.17, 15) is 0 Å². The van der Waals surface area contributed by atoms with E-state index >= 15 is 0 Å². The van der Waals surface area contributed by atoms with Crippen LogP contribution in [0.3, 0.4) is 0 Å². The van der Waals surface area contributed by atoms with Gasteiger partial charge in [-0.15, -0.1) is 0 Å². The third kappa shape index (κ3) is 3.52. The second-order valence-corrected chi connectivity index (χ2v) is 12.2. The molecule has 9 aromatic rings. The predicted molar refractivity (Wildman–Crippen MR) is 191 cm³/mol. The largest absolute Gasteiger partial charge is 0.309 e. The maximum absolute atomic E-state index is 5.29. The molecule has 0 saturated carbocycles. The summed E-state index contributed by atoms with van der Waals surface area (Å²) in [5, 5.41) is 2.49. The van der Waals surface area contributed by atoms with Crippen LogP contribution in [0.5, 0.6) is 0 Å². The molecular formula is C43H28N4. The first-order valence-electron chi connectivity index (χ1n) is 16.0. The summed E-state index contributed by atoms with van der Waals surface area (Å²) in [6.45, 7) is 0. The Hall–Kier alpha value is -6.26. The maximum Gasteiger partial charge on any atom is 0.164 e. The zero-order valence-corrected chi connectivity index (χ0v) is 25.5. The number of nitrogens with zero attached hydrogens (tertiary/aromatic N) is 4. The molecule has 0 saturated heterocycles. The Bertz CT molecular complexity index is 2520. The van der Waals surface area contributed by atoms with Crippen LogP contribution in [0.25, 0.3) is 55.7 Å². The zero-order chi connectivity index (χ0) is 31.0. The van der Waals surface area contributed by atoms with E-state index < -0.39 is 5.41 Å². The van der Waals surface area contributed by atoms with E-state index in [2.05, 4.69) is 161 Å². The van der Waals surface area contributed by atoms with E-state index in [4.69, 9.17) is 9.97 Å². The lowest BCUT2D eigenvalue weighted by atomic mass is 9.63. The van der Waals surface area contributed by atoms with Crippen molar-refractivity contribution in [3.05, 3.63) is 192 Å². The number of rotatable bonds is 4. The number of aromatic nitrogens is 4. The summed E-state index contributed by atoms with van der Waals surface area (Å²) in [7, 11) is 0. The van der Waals surface area contributed by atoms with E-state index in [0.717, 1.165) is 33.9 Å². The van der Waals surface area contributed by atoms with Crippen molar-refractivity contribution in [2.45, 2.75) is 5.41 Å². The van der Waals surface area contributed by atoms with Crippen molar-refractivity contribution in [2.24, 2.45) is 0 Å². The highest BCUT2D eigenvalue weighted by molar-refractivity contribution is 6.09. The van der Waals surface area contributed by atoms with Crippen molar-refractivity contribution in [1.29, 1.82) is 0 Å². The first kappa shape index (κ1) is 26.0. The van der Waals surface area contributed by atoms with E-state index in [1.54, 1.807) is 0 Å². The van der Waals surface area contributed by atoms with Gasteiger partial charge in [-0.3, -0.25) is 9.55 Å². The molecule has 0 aliphatic carbocycles. The zero-order valence-electron chi connectivity index (χ0n) is 25.5. The van der Waals surface area contributed by atoms with Crippen molar-refractivity contribution in [1.82, 2.24) is 19.1 Å². The molecule has 0 radical (unpaired) electrons. The van der Waals surface area contributed by atoms with Gasteiger partial charge in [0.1, 0.15) is 5.69 Å². The number of fused-ring (bicyclic) bond motifs is 5. The second kappa shape index (κ2) is 9.87. The van der Waals surface area contributed by atoms with Crippen molar-refractivity contribution in [3.63, 3.8) is 0 Å². The average molecular weight is 601 g/mol. The molecule has 4 nitrogen and oxygen atoms in total. The van der Waals surface area contributed by atoms with Crippen LogP contribution in [-0.2, 0) is 5.41 Å². The number of imidazole rings is 1. The normalized spacial score (nSPS) is 13.3. The molecule has 4 heterocycles. The highest BCUT2D eigenvalue weighted by atomic mass is 15.1. The Labute approximate surface area is 271 Å². The van der Waals surface area contributed by atoms with Gasteiger partial charge < -0.3 is 4.57 Å². The average Bonchev–Trinajstić information content (AvgIpc) is 3.71. The molecule has 0 fully saturated rings. The predicted octanol–water partition coefficient (Wildman–Crippen LogP) is 9.88. The molecule has 6 aromatic carbocycles. The third-order valence-corrected chi connectivity index (χ3v) is 9.85. The van der Waals surface area contributed by atoms with Gasteiger partial charge in [-0.1, -0.05) is 121 Å². The smallest absolute Gasteiger partial charge is 0.164 e. The molecule has 0 amide bonds. The third-order valence-electron chi connectivity index (χ3n) is 9.85. The first-order chi connectivity index (χ1) is 23.3. The molecule has 1 aliphatic heterocycles. The Morgan fingerprint density at radius 3 is 1.79 bits per heavy atom. The quantitative estimate of drug-likeness (QED) is 0.202. The van der Waals surface area contributed by atoms with Crippen molar-refractivity contribution < 1.29 is 0 Å². The van der Waals surface area contributed by atoms with Crippen molar-refractivity contribution in [3.8, 4) is 22.9 Å². The molecule has 47 heavy (non-hydrogen) atoms. The van der Waals surface area contributed by atoms with E-state index in [1.165, 1.54) is 44.1 Å². The Morgan fingerprint density at radius 1 is 0.489 bits per heavy atom. The van der Waals surface area contributed by atoms with Gasteiger partial charge in [0, 0.05) is 22.7 Å². The fourth-order valence-corrected chi connectivity index (χ4v) is 8.00. The molecule has 0 N–H and O–H groups in total. The summed E-state index contributed by atoms with van der Waals surface area (Å²) >= 11 is 0. The number of benzene rings is 6. The fourth-order valence-electron chi connectivity index (χ4n) is 8.00. The van der Waals surface area contributed by atoms with Gasteiger partial charge in [0.15, 0.2) is 5.82 Å². The summed E-state index contributed by atoms with van der Waals surface area (Å²) in [5.41, 5.74) is 11.7. The summed E-state index contributed by atoms with van der Waals surface area (Å²) in [4.78, 5) is 10.1. The summed E-state index contributed by atoms with van der Waals surface area (Å²) in [6, 6.07) is 58.8. The lowest BCUT2D eigenvalue weighted by Crippen LogP contribution is -2.35. The van der Waals surface area contributed by atoms with Gasteiger partial charge in [-0.05, 0) is 64.7 Å². The van der Waals surface area contributed by atoms with Gasteiger partial charge >= 0.3 is 0 Å². The topological polar surface area (TPSA) is 35.6 Å². The standard InChI is InChI=1S/C43H28N4/c1-3-14-29(15-4-1)43(30-16-5-2-6-17-30)34-26-25-31(46-38-23-9-7-18-32(38)33-19-8-10-24-39(33)46)28-40(34)47-41-35(43)20-13-22-36(41)45-42(47)37-21-11-12-27-44-37/h1-28H. The van der Waals surface area contributed by atoms with Crippen molar-refractivity contribution in [2.75, 3.05) is 0 Å². The lowest BCUT2D eigenvalue weighted by Gasteiger charge is -2.41. The number of para-hydroxylation sites is 3. The lowest BCUT2D eigenvalue weighted by molar-refractivity contribution is 0.724. The van der Waals surface area contributed by atoms with Gasteiger partial charge in [0.2, 0.25) is 0 Å². The van der Waals surface area contributed by atoms with Gasteiger partial charge in [0.05, 0.1) is 33.2 Å². The van der Waals surface area contributed by atoms with E-state index in [0.29, 0.717) is 0 Å². The van der Waals surface area contributed by atoms with E-state index in [-0.39, 0.29) is 0 Å². The molecule has 4 heteroatoms. The Morgan fingerprint density at radius 2 is 1.13 bits per heavy atom. The van der Waals surface area contributed by atoms with Crippen LogP contribution in [0, 0.1) is 0 Å². The molecule has 220 valence electrons. The van der Waals surface area contributed by atoms with Crippen LogP contribution in [0.2, 0.25) is 0 Å². The Kier molecular flexibility index (Phi) is 5.46. The summed E-state index contributed by atoms with van der Waals surface area (Å²) in [6.07, 6.45) is 1.85. The monoisotopic (exact) mass is 600 g/mol. The van der Waals surface area contributed by atoms with Crippen LogP contribution < -0.4 is 0 Å². The van der Waals surface area contributed by atoms with Crippen LogP contribution in [-0.4, -0.2) is 19.1 Å². The highest BCUT2D eigenvalue weighted by Gasteiger charge is 2.45. The minimum atomic E-state index is -0.575. The van der Waals surface area contributed by atoms with Crippen LogP contribution in [0.15, 0.2) is 170 Å². The van der Waals surface area contributed by atoms with Gasteiger partial charge in [-0.2, -0.15) is 0 Å². The molecule has 1 aliphatic rings. The molecule has 3 aromatic heterocycles. The molecule has 0 bridgehead atoms. The number of pyridine rings is 1. The van der Waals surface area contributed by atoms with Crippen LogP contribution in [0.4, 0.5) is 0 Å². The fraction of sp³-hybridized carbons (Fsp3) is 0.0233. The SMILES string of the molecule is c1ccc(C2(c3ccccc3)c3ccc(-n4c5ccccc5c5ccccc54)cc3-n3c(-c4ccccn4)nc4cccc2c43)cc1. The number of hydrogen-bond acceptors (Lipinski definition) is 2. The summed E-state index contributed by atoms with van der Waals surface area (Å²) < 4.78 is 4.75. The van der Waals surface area contributed by atoms with E-state index in [1.807, 2.05) is 18.3 Å². The molecular weight excluding hydrogens is 573 g/mol. The van der Waals surface area contributed by atoms with Crippen LogP contribution >= 0.6 is 0 Å². The van der Waals surface area contributed by atoms with Crippen molar-refractivity contribution >= 4 is 32.8 Å². The first-order valence-corrected chi connectivity index (χ1v) is 16.0. The minimum absolute atomic E-state index is 0.575. The molecule has 0 spiro atoms. The molecule has 0 atom stereocenters. The van der Waals surface area contributed by atoms with Gasteiger partial charge in [-0.25, -0.2) is 4.98 Å². The molecule has 0 unspecified atom stereocenters. The highest BCUT2D eigenvalue weighted by Crippen LogP contribution is 2.53. The molecule has 10 rings (SSSR count). The number of hydrogen-bond donors (Lipinski definition) is 0. The van der Waals surface area contributed by atoms with Gasteiger partial charge in [0.25, 0.3) is 0 Å². The minimum Gasteiger partial charge on any atom is -0.309 e. The summed E-state index contributed by atoms with van der Waals surface area (Å²) in [5.74, 6) is 0.836. The second-order valence-electron chi connectivity index (χ2n) is 12.2.